The van der Waals surface area contributed by atoms with E-state index >= 15 is 0 Å². The van der Waals surface area contributed by atoms with Crippen LogP contribution >= 0.6 is 23.2 Å². The molecule has 4 nitrogen and oxygen atoms in total. The van der Waals surface area contributed by atoms with Crippen LogP contribution in [-0.4, -0.2) is 44.0 Å². The highest BCUT2D eigenvalue weighted by Crippen LogP contribution is 2.22. The van der Waals surface area contributed by atoms with Gasteiger partial charge in [0.05, 0.1) is 6.42 Å². The van der Waals surface area contributed by atoms with Gasteiger partial charge in [0.25, 0.3) is 0 Å². The Bertz CT molecular complexity index is 741. The lowest BCUT2D eigenvalue weighted by atomic mass is 10.1. The van der Waals surface area contributed by atoms with E-state index in [0.717, 1.165) is 37.4 Å². The van der Waals surface area contributed by atoms with Crippen LogP contribution in [0.4, 0.5) is 11.4 Å². The van der Waals surface area contributed by atoms with Crippen molar-refractivity contribution in [2.45, 2.75) is 6.42 Å². The van der Waals surface area contributed by atoms with Crippen molar-refractivity contribution >= 4 is 40.5 Å². The Hall–Kier alpha value is -1.75. The van der Waals surface area contributed by atoms with Gasteiger partial charge in [-0.2, -0.15) is 0 Å². The zero-order chi connectivity index (χ0) is 17.8. The molecule has 1 aliphatic heterocycles. The number of rotatable bonds is 4. The minimum atomic E-state index is -0.100. The molecule has 0 spiro atoms. The first-order chi connectivity index (χ1) is 12.0. The first-order valence-corrected chi connectivity index (χ1v) is 9.04. The van der Waals surface area contributed by atoms with Crippen molar-refractivity contribution in [1.29, 1.82) is 0 Å². The van der Waals surface area contributed by atoms with E-state index in [4.69, 9.17) is 23.2 Å². The summed E-state index contributed by atoms with van der Waals surface area (Å²) in [7, 11) is 2.14. The Morgan fingerprint density at radius 3 is 2.36 bits per heavy atom. The van der Waals surface area contributed by atoms with Gasteiger partial charge in [0.15, 0.2) is 0 Å². The van der Waals surface area contributed by atoms with E-state index in [1.165, 1.54) is 5.69 Å². The molecule has 0 bridgehead atoms. The first kappa shape index (κ1) is 18.1. The molecule has 3 rings (SSSR count). The van der Waals surface area contributed by atoms with Crippen molar-refractivity contribution in [2.24, 2.45) is 0 Å². The zero-order valence-electron chi connectivity index (χ0n) is 14.1. The lowest BCUT2D eigenvalue weighted by Gasteiger charge is -2.34. The average Bonchev–Trinajstić information content (AvgIpc) is 2.59. The smallest absolute Gasteiger partial charge is 0.228 e. The Morgan fingerprint density at radius 2 is 1.72 bits per heavy atom. The van der Waals surface area contributed by atoms with Crippen LogP contribution in [0, 0.1) is 0 Å². The molecule has 0 unspecified atom stereocenters. The van der Waals surface area contributed by atoms with E-state index in [-0.39, 0.29) is 12.3 Å². The SMILES string of the molecule is CN1CCN(c2ccc(NC(=O)Cc3ccc(Cl)cc3Cl)cc2)CC1. The summed E-state index contributed by atoms with van der Waals surface area (Å²) in [6, 6.07) is 13.1. The fraction of sp³-hybridized carbons (Fsp3) is 0.316. The predicted octanol–water partition coefficient (Wildman–Crippen LogP) is 3.93. The monoisotopic (exact) mass is 377 g/mol. The molecule has 0 saturated carbocycles. The van der Waals surface area contributed by atoms with Crippen LogP contribution in [0.25, 0.3) is 0 Å². The van der Waals surface area contributed by atoms with Crippen LogP contribution < -0.4 is 10.2 Å². The van der Waals surface area contributed by atoms with Crippen molar-refractivity contribution in [3.05, 3.63) is 58.1 Å². The van der Waals surface area contributed by atoms with Crippen LogP contribution in [0.1, 0.15) is 5.56 Å². The van der Waals surface area contributed by atoms with Crippen LogP contribution in [0.3, 0.4) is 0 Å². The van der Waals surface area contributed by atoms with Gasteiger partial charge in [0, 0.05) is 47.6 Å². The molecule has 2 aromatic rings. The lowest BCUT2D eigenvalue weighted by molar-refractivity contribution is -0.115. The maximum absolute atomic E-state index is 12.2. The Balaban J connectivity index is 1.58. The summed E-state index contributed by atoms with van der Waals surface area (Å²) < 4.78 is 0. The van der Waals surface area contributed by atoms with Crippen molar-refractivity contribution in [3.8, 4) is 0 Å². The molecule has 1 saturated heterocycles. The van der Waals surface area contributed by atoms with Gasteiger partial charge in [-0.3, -0.25) is 4.79 Å². The topological polar surface area (TPSA) is 35.6 Å². The average molecular weight is 378 g/mol. The Labute approximate surface area is 158 Å². The van der Waals surface area contributed by atoms with E-state index < -0.39 is 0 Å². The number of nitrogens with zero attached hydrogens (tertiary/aromatic N) is 2. The number of likely N-dealkylation sites (N-methyl/N-ethyl adjacent to an activating group) is 1. The number of nitrogens with one attached hydrogen (secondary N) is 1. The van der Waals surface area contributed by atoms with Crippen molar-refractivity contribution in [1.82, 2.24) is 4.90 Å². The third-order valence-corrected chi connectivity index (χ3v) is 4.97. The molecule has 2 aromatic carbocycles. The quantitative estimate of drug-likeness (QED) is 0.876. The number of hydrogen-bond donors (Lipinski definition) is 1. The molecule has 1 fully saturated rings. The van der Waals surface area contributed by atoms with E-state index in [2.05, 4.69) is 34.3 Å². The number of piperazine rings is 1. The van der Waals surface area contributed by atoms with Crippen molar-refractivity contribution in [3.63, 3.8) is 0 Å². The second kappa shape index (κ2) is 8.09. The van der Waals surface area contributed by atoms with E-state index in [1.54, 1.807) is 18.2 Å². The number of halogens is 2. The van der Waals surface area contributed by atoms with Crippen LogP contribution in [0.2, 0.25) is 10.0 Å². The fourth-order valence-electron chi connectivity index (χ4n) is 2.86. The number of anilines is 2. The summed E-state index contributed by atoms with van der Waals surface area (Å²) in [5, 5.41) is 3.98. The maximum Gasteiger partial charge on any atom is 0.228 e. The summed E-state index contributed by atoms with van der Waals surface area (Å²) in [6.07, 6.45) is 0.218. The van der Waals surface area contributed by atoms with Gasteiger partial charge in [-0.1, -0.05) is 29.3 Å². The largest absolute Gasteiger partial charge is 0.369 e. The van der Waals surface area contributed by atoms with Gasteiger partial charge >= 0.3 is 0 Å². The lowest BCUT2D eigenvalue weighted by Crippen LogP contribution is -2.44. The molecule has 0 aliphatic carbocycles. The molecule has 132 valence electrons. The summed E-state index contributed by atoms with van der Waals surface area (Å²) in [6.45, 7) is 4.19. The van der Waals surface area contributed by atoms with Gasteiger partial charge < -0.3 is 15.1 Å². The van der Waals surface area contributed by atoms with Gasteiger partial charge in [0.1, 0.15) is 0 Å². The molecule has 0 radical (unpaired) electrons. The maximum atomic E-state index is 12.2. The number of hydrogen-bond acceptors (Lipinski definition) is 3. The molecule has 1 N–H and O–H groups in total. The second-order valence-electron chi connectivity index (χ2n) is 6.30. The Kier molecular flexibility index (Phi) is 5.84. The first-order valence-electron chi connectivity index (χ1n) is 8.28. The molecule has 25 heavy (non-hydrogen) atoms. The van der Waals surface area contributed by atoms with Gasteiger partial charge in [-0.05, 0) is 49.0 Å². The van der Waals surface area contributed by atoms with E-state index in [1.807, 2.05) is 12.1 Å². The predicted molar refractivity (Wildman–Crippen MR) is 105 cm³/mol. The molecule has 0 atom stereocenters. The molecule has 1 amide bonds. The summed E-state index contributed by atoms with van der Waals surface area (Å²) in [4.78, 5) is 16.9. The highest BCUT2D eigenvalue weighted by molar-refractivity contribution is 6.35. The summed E-state index contributed by atoms with van der Waals surface area (Å²) >= 11 is 12.0. The molecule has 1 aliphatic rings. The number of carbonyl (C=O) groups is 1. The normalized spacial score (nSPS) is 15.2. The van der Waals surface area contributed by atoms with E-state index in [0.29, 0.717) is 10.0 Å². The standard InChI is InChI=1S/C19H21Cl2N3O/c1-23-8-10-24(11-9-23)17-6-4-16(5-7-17)22-19(25)12-14-2-3-15(20)13-18(14)21/h2-7,13H,8-12H2,1H3,(H,22,25). The molecular formula is C19H21Cl2N3O. The van der Waals surface area contributed by atoms with Gasteiger partial charge in [0.2, 0.25) is 5.91 Å². The highest BCUT2D eigenvalue weighted by atomic mass is 35.5. The van der Waals surface area contributed by atoms with Crippen molar-refractivity contribution in [2.75, 3.05) is 43.4 Å². The van der Waals surface area contributed by atoms with Crippen molar-refractivity contribution < 1.29 is 4.79 Å². The minimum absolute atomic E-state index is 0.100. The van der Waals surface area contributed by atoms with Crippen LogP contribution in [-0.2, 0) is 11.2 Å². The van der Waals surface area contributed by atoms with Crippen LogP contribution in [0.15, 0.2) is 42.5 Å². The Morgan fingerprint density at radius 1 is 1.04 bits per heavy atom. The third-order valence-electron chi connectivity index (χ3n) is 4.39. The second-order valence-corrected chi connectivity index (χ2v) is 7.14. The number of amides is 1. The highest BCUT2D eigenvalue weighted by Gasteiger charge is 2.14. The third kappa shape index (κ3) is 4.88. The van der Waals surface area contributed by atoms with E-state index in [9.17, 15) is 4.79 Å². The van der Waals surface area contributed by atoms with Crippen LogP contribution in [0.5, 0.6) is 0 Å². The molecule has 1 heterocycles. The number of benzene rings is 2. The molecular weight excluding hydrogens is 357 g/mol. The minimum Gasteiger partial charge on any atom is -0.369 e. The fourth-order valence-corrected chi connectivity index (χ4v) is 3.34. The molecule has 0 aromatic heterocycles. The van der Waals surface area contributed by atoms with Gasteiger partial charge in [-0.15, -0.1) is 0 Å². The zero-order valence-corrected chi connectivity index (χ0v) is 15.6. The summed E-state index contributed by atoms with van der Waals surface area (Å²) in [5.41, 5.74) is 2.73. The van der Waals surface area contributed by atoms with Gasteiger partial charge in [-0.25, -0.2) is 0 Å². The summed E-state index contributed by atoms with van der Waals surface area (Å²) in [5.74, 6) is -0.100. The number of carbonyl (C=O) groups excluding carboxylic acids is 1. The molecule has 6 heteroatoms.